The molecule has 2 rings (SSSR count). The monoisotopic (exact) mass is 225 g/mol. The molecule has 2 atom stereocenters. The molecule has 1 fully saturated rings. The van der Waals surface area contributed by atoms with Gasteiger partial charge in [0.25, 0.3) is 0 Å². The van der Waals surface area contributed by atoms with E-state index in [0.29, 0.717) is 11.8 Å². The van der Waals surface area contributed by atoms with Gasteiger partial charge in [-0.2, -0.15) is 0 Å². The number of pyridine rings is 1. The van der Waals surface area contributed by atoms with Crippen molar-refractivity contribution >= 4 is 17.6 Å². The van der Waals surface area contributed by atoms with Crippen molar-refractivity contribution in [1.82, 2.24) is 4.98 Å². The lowest BCUT2D eigenvalue weighted by molar-refractivity contribution is -0.144. The molecule has 0 aliphatic heterocycles. The van der Waals surface area contributed by atoms with E-state index in [1.807, 2.05) is 13.0 Å². The van der Waals surface area contributed by atoms with Crippen LogP contribution in [0.5, 0.6) is 0 Å². The second-order valence-corrected chi connectivity index (χ2v) is 4.00. The Morgan fingerprint density at radius 3 is 3.07 bits per heavy atom. The fraction of sp³-hybridized carbons (Fsp3) is 0.455. The topological polar surface area (TPSA) is 39.2 Å². The minimum absolute atomic E-state index is 0.0212. The van der Waals surface area contributed by atoms with Gasteiger partial charge in [0, 0.05) is 6.20 Å². The average molecular weight is 226 g/mol. The molecule has 0 radical (unpaired) electrons. The fourth-order valence-electron chi connectivity index (χ4n) is 1.68. The first-order valence-electron chi connectivity index (χ1n) is 5.00. The molecule has 1 heterocycles. The number of esters is 1. The molecular weight excluding hydrogens is 214 g/mol. The summed E-state index contributed by atoms with van der Waals surface area (Å²) in [5.41, 5.74) is 1.07. The lowest BCUT2D eigenvalue weighted by Crippen LogP contribution is -2.07. The van der Waals surface area contributed by atoms with E-state index in [9.17, 15) is 4.79 Å². The van der Waals surface area contributed by atoms with Crippen LogP contribution in [0.1, 0.15) is 24.8 Å². The summed E-state index contributed by atoms with van der Waals surface area (Å²) in [6.45, 7) is 2.26. The smallest absolute Gasteiger partial charge is 0.309 e. The third kappa shape index (κ3) is 2.29. The first kappa shape index (κ1) is 10.4. The molecule has 0 unspecified atom stereocenters. The molecule has 0 amide bonds. The normalized spacial score (nSPS) is 23.6. The van der Waals surface area contributed by atoms with Gasteiger partial charge in [0.2, 0.25) is 0 Å². The second-order valence-electron chi connectivity index (χ2n) is 3.61. The van der Waals surface area contributed by atoms with Crippen molar-refractivity contribution in [1.29, 1.82) is 0 Å². The van der Waals surface area contributed by atoms with Crippen molar-refractivity contribution in [3.63, 3.8) is 0 Å². The minimum Gasteiger partial charge on any atom is -0.466 e. The summed E-state index contributed by atoms with van der Waals surface area (Å²) < 4.78 is 4.96. The van der Waals surface area contributed by atoms with E-state index in [1.165, 1.54) is 0 Å². The van der Waals surface area contributed by atoms with E-state index in [1.54, 1.807) is 12.3 Å². The Bertz CT molecular complexity index is 363. The van der Waals surface area contributed by atoms with Crippen molar-refractivity contribution < 1.29 is 9.53 Å². The molecule has 1 aromatic heterocycles. The third-order valence-corrected chi connectivity index (χ3v) is 2.78. The SMILES string of the molecule is CCOC(=O)[C@@H]1C[C@H]1c1ccc(Cl)nc1. The summed E-state index contributed by atoms with van der Waals surface area (Å²) in [5.74, 6) is 0.194. The summed E-state index contributed by atoms with van der Waals surface area (Å²) in [6, 6.07) is 3.66. The van der Waals surface area contributed by atoms with Gasteiger partial charge in [0.15, 0.2) is 0 Å². The van der Waals surface area contributed by atoms with Crippen LogP contribution in [-0.4, -0.2) is 17.6 Å². The number of nitrogens with zero attached hydrogens (tertiary/aromatic N) is 1. The Labute approximate surface area is 93.4 Å². The molecule has 80 valence electrons. The van der Waals surface area contributed by atoms with E-state index < -0.39 is 0 Å². The number of carbonyl (C=O) groups excluding carboxylic acids is 1. The molecule has 1 aliphatic carbocycles. The molecule has 0 aromatic carbocycles. The lowest BCUT2D eigenvalue weighted by Gasteiger charge is -2.00. The summed E-state index contributed by atoms with van der Waals surface area (Å²) >= 11 is 5.68. The van der Waals surface area contributed by atoms with Gasteiger partial charge >= 0.3 is 5.97 Å². The van der Waals surface area contributed by atoms with E-state index in [-0.39, 0.29) is 17.8 Å². The molecule has 4 heteroatoms. The molecule has 3 nitrogen and oxygen atoms in total. The lowest BCUT2D eigenvalue weighted by atomic mass is 10.1. The zero-order chi connectivity index (χ0) is 10.8. The second kappa shape index (κ2) is 4.19. The van der Waals surface area contributed by atoms with Gasteiger partial charge in [-0.25, -0.2) is 4.98 Å². The summed E-state index contributed by atoms with van der Waals surface area (Å²) in [4.78, 5) is 15.4. The number of carbonyl (C=O) groups is 1. The Morgan fingerprint density at radius 2 is 2.47 bits per heavy atom. The number of hydrogen-bond acceptors (Lipinski definition) is 3. The molecule has 1 aliphatic rings. The van der Waals surface area contributed by atoms with Crippen LogP contribution in [0, 0.1) is 5.92 Å². The number of hydrogen-bond donors (Lipinski definition) is 0. The first-order valence-corrected chi connectivity index (χ1v) is 5.38. The first-order chi connectivity index (χ1) is 7.22. The highest BCUT2D eigenvalue weighted by Gasteiger charge is 2.45. The van der Waals surface area contributed by atoms with Gasteiger partial charge in [-0.05, 0) is 30.9 Å². The Hall–Kier alpha value is -1.09. The van der Waals surface area contributed by atoms with E-state index >= 15 is 0 Å². The van der Waals surface area contributed by atoms with Crippen LogP contribution < -0.4 is 0 Å². The van der Waals surface area contributed by atoms with Gasteiger partial charge in [-0.1, -0.05) is 17.7 Å². The molecule has 0 saturated heterocycles. The van der Waals surface area contributed by atoms with Crippen LogP contribution in [0.2, 0.25) is 5.15 Å². The number of rotatable bonds is 3. The van der Waals surface area contributed by atoms with Crippen LogP contribution in [-0.2, 0) is 9.53 Å². The van der Waals surface area contributed by atoms with Crippen molar-refractivity contribution in [2.75, 3.05) is 6.61 Å². The third-order valence-electron chi connectivity index (χ3n) is 2.56. The fourth-order valence-corrected chi connectivity index (χ4v) is 1.79. The van der Waals surface area contributed by atoms with E-state index in [2.05, 4.69) is 4.98 Å². The molecule has 0 N–H and O–H groups in total. The number of halogens is 1. The maximum Gasteiger partial charge on any atom is 0.309 e. The maximum absolute atomic E-state index is 11.4. The predicted molar refractivity (Wildman–Crippen MR) is 56.7 cm³/mol. The predicted octanol–water partition coefficient (Wildman–Crippen LogP) is 2.40. The Kier molecular flexibility index (Phi) is 2.91. The van der Waals surface area contributed by atoms with E-state index in [4.69, 9.17) is 16.3 Å². The largest absolute Gasteiger partial charge is 0.466 e. The van der Waals surface area contributed by atoms with Crippen molar-refractivity contribution in [3.05, 3.63) is 29.0 Å². The highest BCUT2D eigenvalue weighted by atomic mass is 35.5. The summed E-state index contributed by atoms with van der Waals surface area (Å²) in [6.07, 6.45) is 2.59. The van der Waals surface area contributed by atoms with Crippen LogP contribution in [0.4, 0.5) is 0 Å². The van der Waals surface area contributed by atoms with Gasteiger partial charge in [0.05, 0.1) is 12.5 Å². The highest BCUT2D eigenvalue weighted by molar-refractivity contribution is 6.29. The quantitative estimate of drug-likeness (QED) is 0.586. The molecule has 1 saturated carbocycles. The van der Waals surface area contributed by atoms with E-state index in [0.717, 1.165) is 12.0 Å². The van der Waals surface area contributed by atoms with Crippen LogP contribution >= 0.6 is 11.6 Å². The summed E-state index contributed by atoms with van der Waals surface area (Å²) in [5, 5.41) is 0.479. The maximum atomic E-state index is 11.4. The Morgan fingerprint density at radius 1 is 1.67 bits per heavy atom. The van der Waals surface area contributed by atoms with Gasteiger partial charge in [-0.15, -0.1) is 0 Å². The molecule has 15 heavy (non-hydrogen) atoms. The highest BCUT2D eigenvalue weighted by Crippen LogP contribution is 2.47. The number of ether oxygens (including phenoxy) is 1. The molecular formula is C11H12ClNO2. The zero-order valence-electron chi connectivity index (χ0n) is 8.44. The molecule has 0 bridgehead atoms. The summed E-state index contributed by atoms with van der Waals surface area (Å²) in [7, 11) is 0. The standard InChI is InChI=1S/C11H12ClNO2/c1-2-15-11(14)9-5-8(9)7-3-4-10(12)13-6-7/h3-4,6,8-9H,2,5H2,1H3/t8-,9+/m0/s1. The van der Waals surface area contributed by atoms with Crippen molar-refractivity contribution in [2.45, 2.75) is 19.3 Å². The Balaban J connectivity index is 1.98. The van der Waals surface area contributed by atoms with Crippen LogP contribution in [0.15, 0.2) is 18.3 Å². The average Bonchev–Trinajstić information content (AvgIpc) is 2.99. The molecule has 0 spiro atoms. The van der Waals surface area contributed by atoms with Crippen LogP contribution in [0.3, 0.4) is 0 Å². The van der Waals surface area contributed by atoms with Crippen molar-refractivity contribution in [2.24, 2.45) is 5.92 Å². The van der Waals surface area contributed by atoms with Gasteiger partial charge < -0.3 is 4.74 Å². The van der Waals surface area contributed by atoms with Crippen LogP contribution in [0.25, 0.3) is 0 Å². The van der Waals surface area contributed by atoms with Gasteiger partial charge in [0.1, 0.15) is 5.15 Å². The van der Waals surface area contributed by atoms with Crippen molar-refractivity contribution in [3.8, 4) is 0 Å². The van der Waals surface area contributed by atoms with Gasteiger partial charge in [-0.3, -0.25) is 4.79 Å². The molecule has 1 aromatic rings. The minimum atomic E-state index is -0.0996. The zero-order valence-corrected chi connectivity index (χ0v) is 9.20. The number of aromatic nitrogens is 1.